The topological polar surface area (TPSA) is 64.6 Å². The molecule has 31 heavy (non-hydrogen) atoms. The molecule has 0 fully saturated rings. The second kappa shape index (κ2) is 10.6. The molecule has 6 heteroatoms. The molecule has 0 aliphatic carbocycles. The lowest BCUT2D eigenvalue weighted by Gasteiger charge is -2.09. The Morgan fingerprint density at radius 3 is 2.35 bits per heavy atom. The first-order valence-electron chi connectivity index (χ1n) is 10.1. The van der Waals surface area contributed by atoms with Gasteiger partial charge in [-0.25, -0.2) is 4.79 Å². The molecule has 0 aliphatic heterocycles. The quantitative estimate of drug-likeness (QED) is 0.351. The second-order valence-corrected chi connectivity index (χ2v) is 7.64. The van der Waals surface area contributed by atoms with E-state index in [9.17, 15) is 9.59 Å². The summed E-state index contributed by atoms with van der Waals surface area (Å²) in [6.45, 7) is 6.52. The Morgan fingerprint density at radius 2 is 1.71 bits per heavy atom. The Balaban J connectivity index is 1.85. The molecule has 3 rings (SSSR count). The monoisotopic (exact) mass is 435 g/mol. The molecule has 1 heterocycles. The van der Waals surface area contributed by atoms with Crippen LogP contribution in [0.1, 0.15) is 35.3 Å². The molecule has 0 atom stereocenters. The van der Waals surface area contributed by atoms with E-state index in [1.165, 1.54) is 17.4 Å². The number of hydrogen-bond acceptors (Lipinski definition) is 5. The Kier molecular flexibility index (Phi) is 7.62. The third kappa shape index (κ3) is 5.83. The molecule has 1 aromatic heterocycles. The fourth-order valence-corrected chi connectivity index (χ4v) is 3.93. The summed E-state index contributed by atoms with van der Waals surface area (Å²) in [4.78, 5) is 25.2. The largest absolute Gasteiger partial charge is 0.494 e. The van der Waals surface area contributed by atoms with Crippen LogP contribution in [-0.2, 0) is 9.53 Å². The van der Waals surface area contributed by atoms with Gasteiger partial charge in [0.25, 0.3) is 0 Å². The van der Waals surface area contributed by atoms with Crippen molar-refractivity contribution in [3.63, 3.8) is 0 Å². The first kappa shape index (κ1) is 22.3. The van der Waals surface area contributed by atoms with Crippen LogP contribution in [0.5, 0.6) is 5.75 Å². The summed E-state index contributed by atoms with van der Waals surface area (Å²) in [7, 11) is 0. The third-order valence-corrected chi connectivity index (χ3v) is 5.38. The van der Waals surface area contributed by atoms with Crippen molar-refractivity contribution in [2.45, 2.75) is 20.8 Å². The highest BCUT2D eigenvalue weighted by atomic mass is 32.1. The molecule has 2 aromatic carbocycles. The summed E-state index contributed by atoms with van der Waals surface area (Å²) >= 11 is 1.29. The molecule has 5 nitrogen and oxygen atoms in total. The molecule has 160 valence electrons. The van der Waals surface area contributed by atoms with Crippen LogP contribution < -0.4 is 10.1 Å². The molecule has 3 aromatic rings. The number of nitrogens with one attached hydrogen (secondary N) is 1. The minimum absolute atomic E-state index is 0.248. The van der Waals surface area contributed by atoms with Gasteiger partial charge in [-0.15, -0.1) is 11.3 Å². The highest BCUT2D eigenvalue weighted by molar-refractivity contribution is 7.15. The van der Waals surface area contributed by atoms with Crippen molar-refractivity contribution in [1.29, 1.82) is 0 Å². The van der Waals surface area contributed by atoms with Gasteiger partial charge in [0, 0.05) is 17.0 Å². The predicted molar refractivity (Wildman–Crippen MR) is 126 cm³/mol. The summed E-state index contributed by atoms with van der Waals surface area (Å²) in [5, 5.41) is 5.13. The van der Waals surface area contributed by atoms with Gasteiger partial charge in [-0.05, 0) is 50.1 Å². The van der Waals surface area contributed by atoms with E-state index in [-0.39, 0.29) is 12.5 Å². The van der Waals surface area contributed by atoms with Gasteiger partial charge in [0.2, 0.25) is 5.91 Å². The molecule has 0 aliphatic rings. The van der Waals surface area contributed by atoms with Gasteiger partial charge in [-0.3, -0.25) is 4.79 Å². The number of thiophene rings is 1. The van der Waals surface area contributed by atoms with Crippen molar-refractivity contribution >= 4 is 34.3 Å². The number of anilines is 1. The normalized spacial score (nSPS) is 10.8. The summed E-state index contributed by atoms with van der Waals surface area (Å²) < 4.78 is 10.7. The van der Waals surface area contributed by atoms with Crippen molar-refractivity contribution < 1.29 is 19.1 Å². The van der Waals surface area contributed by atoms with E-state index in [1.54, 1.807) is 13.0 Å². The summed E-state index contributed by atoms with van der Waals surface area (Å²) in [5.41, 5.74) is 3.99. The number of amides is 1. The van der Waals surface area contributed by atoms with Crippen LogP contribution in [0.15, 0.2) is 60.0 Å². The Labute approximate surface area is 186 Å². The van der Waals surface area contributed by atoms with Crippen molar-refractivity contribution in [2.24, 2.45) is 0 Å². The minimum atomic E-state index is -0.467. The van der Waals surface area contributed by atoms with Crippen LogP contribution >= 0.6 is 11.3 Å². The lowest BCUT2D eigenvalue weighted by molar-refractivity contribution is -0.111. The van der Waals surface area contributed by atoms with Gasteiger partial charge < -0.3 is 14.8 Å². The van der Waals surface area contributed by atoms with E-state index in [1.807, 2.05) is 67.8 Å². The molecule has 0 bridgehead atoms. The molecule has 0 unspecified atom stereocenters. The van der Waals surface area contributed by atoms with Crippen molar-refractivity contribution in [3.05, 3.63) is 76.7 Å². The van der Waals surface area contributed by atoms with E-state index in [2.05, 4.69) is 5.32 Å². The SMILES string of the molecule is CCOC(=O)c1c(-c2ccc(OCC)cc2)csc1NC(=O)/C=C/c1ccc(C)cc1. The van der Waals surface area contributed by atoms with E-state index in [0.717, 1.165) is 22.4 Å². The molecule has 0 saturated carbocycles. The van der Waals surface area contributed by atoms with Crippen LogP contribution in [0.25, 0.3) is 17.2 Å². The molecular weight excluding hydrogens is 410 g/mol. The van der Waals surface area contributed by atoms with Crippen LogP contribution in [0.2, 0.25) is 0 Å². The maximum atomic E-state index is 12.7. The summed E-state index contributed by atoms with van der Waals surface area (Å²) in [6, 6.07) is 15.3. The van der Waals surface area contributed by atoms with Crippen molar-refractivity contribution in [3.8, 4) is 16.9 Å². The molecule has 1 N–H and O–H groups in total. The number of esters is 1. The van der Waals surface area contributed by atoms with Gasteiger partial charge >= 0.3 is 5.97 Å². The number of benzene rings is 2. The highest BCUT2D eigenvalue weighted by Gasteiger charge is 2.22. The van der Waals surface area contributed by atoms with Gasteiger partial charge in [0.15, 0.2) is 0 Å². The summed E-state index contributed by atoms with van der Waals surface area (Å²) in [5.74, 6) is -0.0226. The van der Waals surface area contributed by atoms with E-state index in [0.29, 0.717) is 22.7 Å². The van der Waals surface area contributed by atoms with Crippen LogP contribution in [0.4, 0.5) is 5.00 Å². The number of carbonyl (C=O) groups is 2. The third-order valence-electron chi connectivity index (χ3n) is 4.49. The van der Waals surface area contributed by atoms with Crippen LogP contribution in [0, 0.1) is 6.92 Å². The average Bonchev–Trinajstić information content (AvgIpc) is 3.18. The minimum Gasteiger partial charge on any atom is -0.494 e. The Morgan fingerprint density at radius 1 is 1.00 bits per heavy atom. The maximum Gasteiger partial charge on any atom is 0.341 e. The number of carbonyl (C=O) groups excluding carboxylic acids is 2. The van der Waals surface area contributed by atoms with Crippen molar-refractivity contribution in [2.75, 3.05) is 18.5 Å². The van der Waals surface area contributed by atoms with Gasteiger partial charge in [-0.1, -0.05) is 42.0 Å². The smallest absolute Gasteiger partial charge is 0.341 e. The van der Waals surface area contributed by atoms with E-state index >= 15 is 0 Å². The zero-order chi connectivity index (χ0) is 22.2. The lowest BCUT2D eigenvalue weighted by Crippen LogP contribution is -2.12. The predicted octanol–water partition coefficient (Wildman–Crippen LogP) is 5.95. The zero-order valence-corrected chi connectivity index (χ0v) is 18.6. The summed E-state index contributed by atoms with van der Waals surface area (Å²) in [6.07, 6.45) is 3.19. The Hall–Kier alpha value is -3.38. The number of ether oxygens (including phenoxy) is 2. The Bertz CT molecular complexity index is 1070. The molecule has 0 spiro atoms. The van der Waals surface area contributed by atoms with Gasteiger partial charge in [0.1, 0.15) is 16.3 Å². The zero-order valence-electron chi connectivity index (χ0n) is 17.8. The standard InChI is InChI=1S/C25H25NO4S/c1-4-29-20-13-11-19(12-14-20)21-16-31-24(23(21)25(28)30-5-2)26-22(27)15-10-18-8-6-17(3)7-9-18/h6-16H,4-5H2,1-3H3,(H,26,27)/b15-10+. The molecule has 0 radical (unpaired) electrons. The molecule has 1 amide bonds. The van der Waals surface area contributed by atoms with E-state index in [4.69, 9.17) is 9.47 Å². The molecular formula is C25H25NO4S. The first-order valence-corrected chi connectivity index (χ1v) is 11.0. The van der Waals surface area contributed by atoms with Crippen LogP contribution in [-0.4, -0.2) is 25.1 Å². The average molecular weight is 436 g/mol. The number of aryl methyl sites for hydroxylation is 1. The highest BCUT2D eigenvalue weighted by Crippen LogP contribution is 2.37. The first-order chi connectivity index (χ1) is 15.0. The fraction of sp³-hybridized carbons (Fsp3) is 0.200. The second-order valence-electron chi connectivity index (χ2n) is 6.76. The fourth-order valence-electron chi connectivity index (χ4n) is 2.97. The maximum absolute atomic E-state index is 12.7. The molecule has 0 saturated heterocycles. The lowest BCUT2D eigenvalue weighted by atomic mass is 10.0. The number of hydrogen-bond donors (Lipinski definition) is 1. The number of rotatable bonds is 8. The van der Waals surface area contributed by atoms with Crippen molar-refractivity contribution in [1.82, 2.24) is 0 Å². The van der Waals surface area contributed by atoms with Crippen LogP contribution in [0.3, 0.4) is 0 Å². The van der Waals surface area contributed by atoms with E-state index < -0.39 is 5.97 Å². The van der Waals surface area contributed by atoms with Gasteiger partial charge in [0.05, 0.1) is 13.2 Å². The van der Waals surface area contributed by atoms with Gasteiger partial charge in [-0.2, -0.15) is 0 Å².